The number of carbonyl (C=O) groups is 1. The summed E-state index contributed by atoms with van der Waals surface area (Å²) >= 11 is 0. The molecule has 1 atom stereocenters. The van der Waals surface area contributed by atoms with Crippen molar-refractivity contribution < 1.29 is 4.79 Å². The van der Waals surface area contributed by atoms with Crippen molar-refractivity contribution in [3.05, 3.63) is 29.3 Å². The first-order chi connectivity index (χ1) is 8.20. The zero-order valence-corrected chi connectivity index (χ0v) is 10.4. The molecule has 1 unspecified atom stereocenters. The van der Waals surface area contributed by atoms with Crippen molar-refractivity contribution in [2.24, 2.45) is 0 Å². The Labute approximate surface area is 102 Å². The molecule has 1 aromatic rings. The Bertz CT molecular complexity index is 475. The van der Waals surface area contributed by atoms with Gasteiger partial charge in [-0.25, -0.2) is 0 Å². The summed E-state index contributed by atoms with van der Waals surface area (Å²) in [7, 11) is 0. The van der Waals surface area contributed by atoms with Crippen molar-refractivity contribution in [1.82, 2.24) is 5.32 Å². The molecule has 3 rings (SSSR count). The van der Waals surface area contributed by atoms with Gasteiger partial charge in [0.05, 0.1) is 11.1 Å². The minimum atomic E-state index is -0.280. The van der Waals surface area contributed by atoms with Gasteiger partial charge in [0.1, 0.15) is 0 Å². The topological polar surface area (TPSA) is 32.3 Å². The van der Waals surface area contributed by atoms with Crippen molar-refractivity contribution in [1.29, 1.82) is 0 Å². The summed E-state index contributed by atoms with van der Waals surface area (Å²) in [5, 5.41) is 3.34. The number of amides is 1. The van der Waals surface area contributed by atoms with E-state index in [1.54, 1.807) is 0 Å². The molecule has 0 saturated carbocycles. The summed E-state index contributed by atoms with van der Waals surface area (Å²) in [6, 6.07) is 6.29. The molecule has 90 valence electrons. The highest BCUT2D eigenvalue weighted by atomic mass is 16.2. The van der Waals surface area contributed by atoms with Crippen molar-refractivity contribution in [2.45, 2.75) is 25.7 Å². The van der Waals surface area contributed by atoms with Crippen LogP contribution in [-0.4, -0.2) is 25.5 Å². The summed E-state index contributed by atoms with van der Waals surface area (Å²) in [6.07, 6.45) is 0.929. The van der Waals surface area contributed by atoms with E-state index in [0.717, 1.165) is 31.7 Å². The van der Waals surface area contributed by atoms with Crippen LogP contribution in [0.15, 0.2) is 18.2 Å². The highest BCUT2D eigenvalue weighted by Gasteiger charge is 2.52. The largest absolute Gasteiger partial charge is 0.315 e. The SMILES string of the molecule is CCN1C(=O)C2(CCNC2)c2cccc(C)c21. The third kappa shape index (κ3) is 1.23. The van der Waals surface area contributed by atoms with E-state index >= 15 is 0 Å². The first kappa shape index (κ1) is 10.8. The summed E-state index contributed by atoms with van der Waals surface area (Å²) in [4.78, 5) is 14.6. The first-order valence-corrected chi connectivity index (χ1v) is 6.33. The Balaban J connectivity index is 2.24. The maximum Gasteiger partial charge on any atom is 0.239 e. The number of nitrogens with zero attached hydrogens (tertiary/aromatic N) is 1. The molecule has 0 aromatic heterocycles. The van der Waals surface area contributed by atoms with Crippen molar-refractivity contribution >= 4 is 11.6 Å². The second kappa shape index (κ2) is 3.57. The molecular formula is C14H18N2O. The third-order valence-electron chi connectivity index (χ3n) is 4.15. The van der Waals surface area contributed by atoms with Gasteiger partial charge >= 0.3 is 0 Å². The maximum atomic E-state index is 12.7. The number of likely N-dealkylation sites (N-methyl/N-ethyl adjacent to an activating group) is 1. The molecule has 2 aliphatic heterocycles. The fraction of sp³-hybridized carbons (Fsp3) is 0.500. The standard InChI is InChI=1S/C14H18N2O/c1-3-16-12-10(2)5-4-6-11(12)14(13(16)17)7-8-15-9-14/h4-6,15H,3,7-9H2,1-2H3. The quantitative estimate of drug-likeness (QED) is 0.794. The Morgan fingerprint density at radius 1 is 1.47 bits per heavy atom. The molecule has 3 nitrogen and oxygen atoms in total. The van der Waals surface area contributed by atoms with Gasteiger partial charge in [-0.05, 0) is 37.9 Å². The number of rotatable bonds is 1. The van der Waals surface area contributed by atoms with E-state index < -0.39 is 0 Å². The summed E-state index contributed by atoms with van der Waals surface area (Å²) in [6.45, 7) is 6.64. The summed E-state index contributed by atoms with van der Waals surface area (Å²) < 4.78 is 0. The highest BCUT2D eigenvalue weighted by Crippen LogP contribution is 2.46. The normalized spacial score (nSPS) is 26.9. The van der Waals surface area contributed by atoms with Crippen LogP contribution >= 0.6 is 0 Å². The second-order valence-electron chi connectivity index (χ2n) is 5.03. The molecule has 1 fully saturated rings. The number of fused-ring (bicyclic) bond motifs is 2. The Morgan fingerprint density at radius 3 is 2.94 bits per heavy atom. The van der Waals surface area contributed by atoms with Gasteiger partial charge in [-0.1, -0.05) is 18.2 Å². The first-order valence-electron chi connectivity index (χ1n) is 6.33. The lowest BCUT2D eigenvalue weighted by molar-refractivity contribution is -0.122. The van der Waals surface area contributed by atoms with E-state index in [-0.39, 0.29) is 11.3 Å². The van der Waals surface area contributed by atoms with E-state index in [2.05, 4.69) is 37.4 Å². The highest BCUT2D eigenvalue weighted by molar-refractivity contribution is 6.09. The van der Waals surface area contributed by atoms with Gasteiger partial charge in [0, 0.05) is 13.1 Å². The lowest BCUT2D eigenvalue weighted by Crippen LogP contribution is -2.41. The molecule has 1 spiro atoms. The van der Waals surface area contributed by atoms with Crippen LogP contribution in [0.5, 0.6) is 0 Å². The minimum Gasteiger partial charge on any atom is -0.315 e. The molecule has 0 bridgehead atoms. The molecule has 1 saturated heterocycles. The van der Waals surface area contributed by atoms with E-state index in [9.17, 15) is 4.79 Å². The van der Waals surface area contributed by atoms with Crippen LogP contribution in [0, 0.1) is 6.92 Å². The zero-order chi connectivity index (χ0) is 12.0. The number of aryl methyl sites for hydroxylation is 1. The lowest BCUT2D eigenvalue weighted by Gasteiger charge is -2.21. The smallest absolute Gasteiger partial charge is 0.239 e. The number of nitrogens with one attached hydrogen (secondary N) is 1. The van der Waals surface area contributed by atoms with E-state index in [1.165, 1.54) is 11.1 Å². The van der Waals surface area contributed by atoms with Crippen LogP contribution in [0.2, 0.25) is 0 Å². The summed E-state index contributed by atoms with van der Waals surface area (Å²) in [5.74, 6) is 0.286. The lowest BCUT2D eigenvalue weighted by atomic mass is 9.80. The number of anilines is 1. The average molecular weight is 230 g/mol. The fourth-order valence-corrected chi connectivity index (χ4v) is 3.28. The number of para-hydroxylation sites is 1. The molecule has 2 aliphatic rings. The van der Waals surface area contributed by atoms with Gasteiger partial charge < -0.3 is 10.2 Å². The molecule has 1 amide bonds. The summed E-state index contributed by atoms with van der Waals surface area (Å²) in [5.41, 5.74) is 3.32. The van der Waals surface area contributed by atoms with Crippen molar-refractivity contribution in [2.75, 3.05) is 24.5 Å². The molecule has 0 aliphatic carbocycles. The van der Waals surface area contributed by atoms with Gasteiger partial charge in [0.25, 0.3) is 0 Å². The van der Waals surface area contributed by atoms with Crippen LogP contribution in [0.3, 0.4) is 0 Å². The predicted molar refractivity (Wildman–Crippen MR) is 68.4 cm³/mol. The van der Waals surface area contributed by atoms with Crippen molar-refractivity contribution in [3.8, 4) is 0 Å². The molecule has 1 aromatic carbocycles. The van der Waals surface area contributed by atoms with E-state index in [0.29, 0.717) is 0 Å². The van der Waals surface area contributed by atoms with Crippen LogP contribution in [0.1, 0.15) is 24.5 Å². The number of hydrogen-bond donors (Lipinski definition) is 1. The maximum absolute atomic E-state index is 12.7. The minimum absolute atomic E-state index is 0.280. The second-order valence-corrected chi connectivity index (χ2v) is 5.03. The predicted octanol–water partition coefficient (Wildman–Crippen LogP) is 1.59. The van der Waals surface area contributed by atoms with Crippen LogP contribution in [-0.2, 0) is 10.2 Å². The van der Waals surface area contributed by atoms with Gasteiger partial charge in [0.2, 0.25) is 5.91 Å². The molecule has 0 radical (unpaired) electrons. The molecule has 2 heterocycles. The monoisotopic (exact) mass is 230 g/mol. The number of carbonyl (C=O) groups excluding carboxylic acids is 1. The molecular weight excluding hydrogens is 212 g/mol. The van der Waals surface area contributed by atoms with Gasteiger partial charge in [-0.3, -0.25) is 4.79 Å². The molecule has 3 heteroatoms. The fourth-order valence-electron chi connectivity index (χ4n) is 3.28. The number of benzene rings is 1. The average Bonchev–Trinajstić information content (AvgIpc) is 2.89. The van der Waals surface area contributed by atoms with Gasteiger partial charge in [0.15, 0.2) is 0 Å². The Kier molecular flexibility index (Phi) is 2.26. The van der Waals surface area contributed by atoms with E-state index in [1.807, 2.05) is 4.90 Å². The number of hydrogen-bond acceptors (Lipinski definition) is 2. The van der Waals surface area contributed by atoms with Gasteiger partial charge in [-0.2, -0.15) is 0 Å². The van der Waals surface area contributed by atoms with Crippen LogP contribution < -0.4 is 10.2 Å². The van der Waals surface area contributed by atoms with Crippen LogP contribution in [0.25, 0.3) is 0 Å². The third-order valence-corrected chi connectivity index (χ3v) is 4.15. The Hall–Kier alpha value is -1.35. The Morgan fingerprint density at radius 2 is 2.29 bits per heavy atom. The molecule has 1 N–H and O–H groups in total. The zero-order valence-electron chi connectivity index (χ0n) is 10.4. The van der Waals surface area contributed by atoms with Gasteiger partial charge in [-0.15, -0.1) is 0 Å². The molecule has 17 heavy (non-hydrogen) atoms. The van der Waals surface area contributed by atoms with Crippen molar-refractivity contribution in [3.63, 3.8) is 0 Å². The van der Waals surface area contributed by atoms with E-state index in [4.69, 9.17) is 0 Å². The van der Waals surface area contributed by atoms with Crippen LogP contribution in [0.4, 0.5) is 5.69 Å².